The van der Waals surface area contributed by atoms with Gasteiger partial charge in [-0.1, -0.05) is 30.4 Å². The van der Waals surface area contributed by atoms with E-state index in [1.165, 1.54) is 6.07 Å². The first-order chi connectivity index (χ1) is 10.8. The molecule has 0 saturated heterocycles. The van der Waals surface area contributed by atoms with Gasteiger partial charge in [-0.15, -0.1) is 0 Å². The van der Waals surface area contributed by atoms with E-state index < -0.39 is 0 Å². The number of aromatic nitrogens is 2. The Balaban J connectivity index is 2.31. The van der Waals surface area contributed by atoms with E-state index in [0.29, 0.717) is 23.7 Å². The maximum absolute atomic E-state index is 14.2. The highest BCUT2D eigenvalue weighted by Gasteiger charge is 2.17. The molecule has 0 spiro atoms. The molecule has 3 rings (SSSR count). The van der Waals surface area contributed by atoms with E-state index in [2.05, 4.69) is 4.98 Å². The fourth-order valence-corrected chi connectivity index (χ4v) is 2.53. The molecule has 0 atom stereocenters. The van der Waals surface area contributed by atoms with Crippen molar-refractivity contribution in [2.45, 2.75) is 13.5 Å². The van der Waals surface area contributed by atoms with Gasteiger partial charge in [0.25, 0.3) is 0 Å². The van der Waals surface area contributed by atoms with Crippen molar-refractivity contribution in [3.05, 3.63) is 60.4 Å². The third-order valence-electron chi connectivity index (χ3n) is 3.60. The molecule has 1 aromatic heterocycles. The number of halogens is 1. The van der Waals surface area contributed by atoms with Crippen LogP contribution in [0.1, 0.15) is 6.92 Å². The first kappa shape index (κ1) is 14.3. The lowest BCUT2D eigenvalue weighted by Crippen LogP contribution is -1.99. The second-order valence-electron chi connectivity index (χ2n) is 4.92. The summed E-state index contributed by atoms with van der Waals surface area (Å²) in [7, 11) is 1.61. The molecular formula is C18H17FN2O. The van der Waals surface area contributed by atoms with Crippen LogP contribution in [0.2, 0.25) is 0 Å². The lowest BCUT2D eigenvalue weighted by molar-refractivity contribution is 0.419. The van der Waals surface area contributed by atoms with Gasteiger partial charge in [0.05, 0.1) is 18.2 Å². The van der Waals surface area contributed by atoms with Crippen LogP contribution in [0.4, 0.5) is 4.39 Å². The first-order valence-electron chi connectivity index (χ1n) is 7.15. The lowest BCUT2D eigenvalue weighted by atomic mass is 10.2. The number of methoxy groups -OCH3 is 1. The molecule has 0 N–H and O–H groups in total. The number of para-hydroxylation sites is 1. The fourth-order valence-electron chi connectivity index (χ4n) is 2.53. The molecule has 0 aliphatic carbocycles. The molecule has 4 heteroatoms. The Morgan fingerprint density at radius 3 is 2.73 bits per heavy atom. The van der Waals surface area contributed by atoms with E-state index >= 15 is 0 Å². The molecule has 0 unspecified atom stereocenters. The van der Waals surface area contributed by atoms with Crippen LogP contribution in [0.15, 0.2) is 54.6 Å². The minimum absolute atomic E-state index is 0.279. The van der Waals surface area contributed by atoms with Crippen molar-refractivity contribution in [1.82, 2.24) is 9.55 Å². The highest BCUT2D eigenvalue weighted by atomic mass is 19.1. The van der Waals surface area contributed by atoms with E-state index in [9.17, 15) is 4.39 Å². The minimum Gasteiger partial charge on any atom is -0.494 e. The van der Waals surface area contributed by atoms with Gasteiger partial charge in [-0.2, -0.15) is 0 Å². The van der Waals surface area contributed by atoms with Crippen LogP contribution in [0.3, 0.4) is 0 Å². The zero-order chi connectivity index (χ0) is 15.5. The summed E-state index contributed by atoms with van der Waals surface area (Å²) in [4.78, 5) is 4.63. The lowest BCUT2D eigenvalue weighted by Gasteiger charge is -2.07. The predicted octanol–water partition coefficient (Wildman–Crippen LogP) is 4.43. The number of rotatable bonds is 4. The molecule has 2 aromatic carbocycles. The van der Waals surface area contributed by atoms with Crippen molar-refractivity contribution in [3.63, 3.8) is 0 Å². The maximum Gasteiger partial charge on any atom is 0.146 e. The SMILES string of the molecule is C/C=C/Cn1c(-c2ccccc2F)nc2c(OC)cccc21. The Kier molecular flexibility index (Phi) is 3.92. The number of imidazole rings is 1. The first-order valence-corrected chi connectivity index (χ1v) is 7.15. The number of hydrogen-bond acceptors (Lipinski definition) is 2. The van der Waals surface area contributed by atoms with Crippen LogP contribution in [0, 0.1) is 5.82 Å². The second-order valence-corrected chi connectivity index (χ2v) is 4.92. The monoisotopic (exact) mass is 296 g/mol. The number of benzene rings is 2. The Morgan fingerprint density at radius 1 is 1.18 bits per heavy atom. The van der Waals surface area contributed by atoms with Crippen LogP contribution >= 0.6 is 0 Å². The maximum atomic E-state index is 14.2. The van der Waals surface area contributed by atoms with Gasteiger partial charge in [0.1, 0.15) is 22.9 Å². The van der Waals surface area contributed by atoms with Gasteiger partial charge in [0, 0.05) is 6.54 Å². The summed E-state index contributed by atoms with van der Waals surface area (Å²) in [6.07, 6.45) is 3.99. The van der Waals surface area contributed by atoms with Gasteiger partial charge in [-0.3, -0.25) is 0 Å². The molecule has 0 saturated carbocycles. The van der Waals surface area contributed by atoms with E-state index in [4.69, 9.17) is 4.74 Å². The van der Waals surface area contributed by atoms with Gasteiger partial charge in [0.15, 0.2) is 0 Å². The quantitative estimate of drug-likeness (QED) is 0.666. The molecule has 0 amide bonds. The number of ether oxygens (including phenoxy) is 1. The summed E-state index contributed by atoms with van der Waals surface area (Å²) in [6, 6.07) is 12.4. The van der Waals surface area contributed by atoms with Crippen molar-refractivity contribution in [3.8, 4) is 17.1 Å². The largest absolute Gasteiger partial charge is 0.494 e. The van der Waals surface area contributed by atoms with E-state index in [1.54, 1.807) is 19.2 Å². The molecule has 0 bridgehead atoms. The number of hydrogen-bond donors (Lipinski definition) is 0. The smallest absolute Gasteiger partial charge is 0.146 e. The van der Waals surface area contributed by atoms with E-state index in [-0.39, 0.29) is 5.82 Å². The van der Waals surface area contributed by atoms with Crippen molar-refractivity contribution in [2.24, 2.45) is 0 Å². The summed E-state index contributed by atoms with van der Waals surface area (Å²) in [5.41, 5.74) is 2.16. The van der Waals surface area contributed by atoms with Crippen LogP contribution in [-0.2, 0) is 6.54 Å². The molecule has 22 heavy (non-hydrogen) atoms. The molecule has 112 valence electrons. The van der Waals surface area contributed by atoms with Gasteiger partial charge in [0.2, 0.25) is 0 Å². The third-order valence-corrected chi connectivity index (χ3v) is 3.60. The van der Waals surface area contributed by atoms with E-state index in [1.807, 2.05) is 47.9 Å². The second kappa shape index (κ2) is 6.02. The topological polar surface area (TPSA) is 27.1 Å². The number of fused-ring (bicyclic) bond motifs is 1. The molecule has 3 aromatic rings. The third kappa shape index (κ3) is 2.37. The standard InChI is InChI=1S/C18H17FN2O/c1-3-4-12-21-15-10-7-11-16(22-2)17(15)20-18(21)13-8-5-6-9-14(13)19/h3-11H,12H2,1-2H3/b4-3+. The highest BCUT2D eigenvalue weighted by Crippen LogP contribution is 2.31. The van der Waals surface area contributed by atoms with Gasteiger partial charge in [-0.05, 0) is 31.2 Å². The predicted molar refractivity (Wildman–Crippen MR) is 86.5 cm³/mol. The van der Waals surface area contributed by atoms with Crippen LogP contribution in [0.25, 0.3) is 22.4 Å². The number of allylic oxidation sites excluding steroid dienone is 2. The molecule has 0 fully saturated rings. The highest BCUT2D eigenvalue weighted by molar-refractivity contribution is 5.86. The minimum atomic E-state index is -0.279. The molecule has 0 aliphatic heterocycles. The Labute approximate surface area is 128 Å². The summed E-state index contributed by atoms with van der Waals surface area (Å²) < 4.78 is 21.6. The summed E-state index contributed by atoms with van der Waals surface area (Å²) >= 11 is 0. The number of nitrogens with zero attached hydrogens (tertiary/aromatic N) is 2. The molecule has 0 radical (unpaired) electrons. The van der Waals surface area contributed by atoms with Crippen molar-refractivity contribution in [2.75, 3.05) is 7.11 Å². The Morgan fingerprint density at radius 2 is 2.00 bits per heavy atom. The van der Waals surface area contributed by atoms with Gasteiger partial charge in [-0.25, -0.2) is 9.37 Å². The van der Waals surface area contributed by atoms with Crippen LogP contribution in [-0.4, -0.2) is 16.7 Å². The zero-order valence-corrected chi connectivity index (χ0v) is 12.6. The Hall–Kier alpha value is -2.62. The molecule has 0 aliphatic rings. The average Bonchev–Trinajstić information content (AvgIpc) is 2.91. The van der Waals surface area contributed by atoms with Crippen LogP contribution < -0.4 is 4.74 Å². The van der Waals surface area contributed by atoms with Gasteiger partial charge >= 0.3 is 0 Å². The van der Waals surface area contributed by atoms with Crippen molar-refractivity contribution >= 4 is 11.0 Å². The summed E-state index contributed by atoms with van der Waals surface area (Å²) in [5.74, 6) is 1.02. The van der Waals surface area contributed by atoms with Crippen molar-refractivity contribution in [1.29, 1.82) is 0 Å². The molecular weight excluding hydrogens is 279 g/mol. The Bertz CT molecular complexity index is 836. The fraction of sp³-hybridized carbons (Fsp3) is 0.167. The van der Waals surface area contributed by atoms with Crippen LogP contribution in [0.5, 0.6) is 5.75 Å². The molecule has 1 heterocycles. The van der Waals surface area contributed by atoms with Gasteiger partial charge < -0.3 is 9.30 Å². The summed E-state index contributed by atoms with van der Waals surface area (Å²) in [5, 5.41) is 0. The van der Waals surface area contributed by atoms with E-state index in [0.717, 1.165) is 11.0 Å². The van der Waals surface area contributed by atoms with Crippen molar-refractivity contribution < 1.29 is 9.13 Å². The molecule has 3 nitrogen and oxygen atoms in total. The summed E-state index contributed by atoms with van der Waals surface area (Å²) in [6.45, 7) is 2.59. The zero-order valence-electron chi connectivity index (χ0n) is 12.6. The normalized spacial score (nSPS) is 11.4. The average molecular weight is 296 g/mol.